The molecule has 0 aliphatic heterocycles. The van der Waals surface area contributed by atoms with Gasteiger partial charge in [0.15, 0.2) is 0 Å². The van der Waals surface area contributed by atoms with E-state index in [1.807, 2.05) is 24.3 Å². The van der Waals surface area contributed by atoms with E-state index in [9.17, 15) is 4.79 Å². The van der Waals surface area contributed by atoms with Crippen LogP contribution >= 0.6 is 0 Å². The van der Waals surface area contributed by atoms with E-state index in [0.29, 0.717) is 41.1 Å². The molecule has 0 bridgehead atoms. The maximum absolute atomic E-state index is 12.4. The van der Waals surface area contributed by atoms with Gasteiger partial charge in [-0.05, 0) is 24.3 Å². The summed E-state index contributed by atoms with van der Waals surface area (Å²) in [6.07, 6.45) is 3.83. The lowest BCUT2D eigenvalue weighted by Gasteiger charge is -2.07. The first-order valence-electron chi connectivity index (χ1n) is 8.61. The molecular formula is C19H16N6O3. The van der Waals surface area contributed by atoms with Gasteiger partial charge < -0.3 is 14.4 Å². The van der Waals surface area contributed by atoms with Crippen LogP contribution in [0.2, 0.25) is 0 Å². The summed E-state index contributed by atoms with van der Waals surface area (Å²) in [6.45, 7) is 1.71. The van der Waals surface area contributed by atoms with Crippen molar-refractivity contribution in [3.8, 4) is 22.8 Å². The molecule has 3 heterocycles. The van der Waals surface area contributed by atoms with Crippen molar-refractivity contribution in [1.82, 2.24) is 25.3 Å². The van der Waals surface area contributed by atoms with Crippen LogP contribution in [0, 0.1) is 6.92 Å². The number of rotatable bonds is 6. The Morgan fingerprint density at radius 1 is 1.04 bits per heavy atom. The molecule has 28 heavy (non-hydrogen) atoms. The molecule has 0 atom stereocenters. The number of carbonyl (C=O) groups excluding carboxylic acids is 1. The van der Waals surface area contributed by atoms with E-state index in [4.69, 9.17) is 9.05 Å². The average molecular weight is 376 g/mol. The van der Waals surface area contributed by atoms with E-state index in [1.54, 1.807) is 31.5 Å². The standard InChI is InChI=1S/C19H16N6O3/c1-12-21-19(25-27-12)14-6-2-3-7-15(14)22-16(26)8-9-17-23-18(24-28-17)13-5-4-10-20-11-13/h2-7,10-11H,8-9H2,1H3,(H,22,26). The number of nitrogens with one attached hydrogen (secondary N) is 1. The lowest BCUT2D eigenvalue weighted by atomic mass is 10.1. The highest BCUT2D eigenvalue weighted by molar-refractivity contribution is 5.94. The second-order valence-corrected chi connectivity index (χ2v) is 5.98. The summed E-state index contributed by atoms with van der Waals surface area (Å²) < 4.78 is 10.2. The van der Waals surface area contributed by atoms with Crippen LogP contribution in [0.5, 0.6) is 0 Å². The Labute approximate surface area is 159 Å². The third-order valence-electron chi connectivity index (χ3n) is 3.92. The number of carbonyl (C=O) groups is 1. The summed E-state index contributed by atoms with van der Waals surface area (Å²) in [5.41, 5.74) is 2.05. The Hall–Kier alpha value is -3.88. The number of aromatic nitrogens is 5. The molecule has 9 nitrogen and oxygen atoms in total. The third-order valence-corrected chi connectivity index (χ3v) is 3.92. The lowest BCUT2D eigenvalue weighted by Crippen LogP contribution is -2.13. The molecule has 1 amide bonds. The predicted molar refractivity (Wildman–Crippen MR) is 99.0 cm³/mol. The molecule has 1 aromatic carbocycles. The van der Waals surface area contributed by atoms with Gasteiger partial charge in [-0.15, -0.1) is 0 Å². The SMILES string of the molecule is Cc1nc(-c2ccccc2NC(=O)CCc2nc(-c3cccnc3)no2)no1. The van der Waals surface area contributed by atoms with Gasteiger partial charge in [-0.25, -0.2) is 0 Å². The molecule has 140 valence electrons. The van der Waals surface area contributed by atoms with E-state index in [1.165, 1.54) is 0 Å². The van der Waals surface area contributed by atoms with Crippen LogP contribution in [-0.2, 0) is 11.2 Å². The van der Waals surface area contributed by atoms with Crippen molar-refractivity contribution >= 4 is 11.6 Å². The average Bonchev–Trinajstić information content (AvgIpc) is 3.37. The molecule has 0 spiro atoms. The third kappa shape index (κ3) is 3.93. The van der Waals surface area contributed by atoms with Crippen molar-refractivity contribution in [2.75, 3.05) is 5.32 Å². The molecule has 0 saturated carbocycles. The molecule has 0 unspecified atom stereocenters. The summed E-state index contributed by atoms with van der Waals surface area (Å²) in [5.74, 6) is 1.52. The number of anilines is 1. The van der Waals surface area contributed by atoms with Crippen molar-refractivity contribution in [3.05, 3.63) is 60.6 Å². The zero-order valence-electron chi connectivity index (χ0n) is 15.0. The Morgan fingerprint density at radius 2 is 1.89 bits per heavy atom. The first kappa shape index (κ1) is 17.5. The second kappa shape index (κ2) is 7.78. The Bertz CT molecular complexity index is 1090. The van der Waals surface area contributed by atoms with Gasteiger partial charge >= 0.3 is 0 Å². The summed E-state index contributed by atoms with van der Waals surface area (Å²) in [5, 5.41) is 10.7. The fourth-order valence-corrected chi connectivity index (χ4v) is 2.60. The Morgan fingerprint density at radius 3 is 2.68 bits per heavy atom. The summed E-state index contributed by atoms with van der Waals surface area (Å²) >= 11 is 0. The van der Waals surface area contributed by atoms with Crippen LogP contribution in [0.3, 0.4) is 0 Å². The summed E-state index contributed by atoms with van der Waals surface area (Å²) in [6, 6.07) is 10.9. The minimum atomic E-state index is -0.186. The van der Waals surface area contributed by atoms with E-state index in [2.05, 4.69) is 30.6 Å². The predicted octanol–water partition coefficient (Wildman–Crippen LogP) is 3.06. The van der Waals surface area contributed by atoms with Crippen molar-refractivity contribution in [2.24, 2.45) is 0 Å². The van der Waals surface area contributed by atoms with Crippen molar-refractivity contribution < 1.29 is 13.8 Å². The molecule has 4 rings (SSSR count). The highest BCUT2D eigenvalue weighted by Crippen LogP contribution is 2.25. The van der Waals surface area contributed by atoms with E-state index < -0.39 is 0 Å². The first-order chi connectivity index (χ1) is 13.7. The maximum atomic E-state index is 12.4. The number of aryl methyl sites for hydroxylation is 2. The number of nitrogens with zero attached hydrogens (tertiary/aromatic N) is 5. The molecular weight excluding hydrogens is 360 g/mol. The molecule has 1 N–H and O–H groups in total. The zero-order chi connectivity index (χ0) is 19.3. The van der Waals surface area contributed by atoms with Gasteiger partial charge in [0, 0.05) is 43.3 Å². The summed E-state index contributed by atoms with van der Waals surface area (Å²) in [4.78, 5) is 24.9. The second-order valence-electron chi connectivity index (χ2n) is 5.98. The summed E-state index contributed by atoms with van der Waals surface area (Å²) in [7, 11) is 0. The van der Waals surface area contributed by atoms with E-state index in [-0.39, 0.29) is 12.3 Å². The molecule has 9 heteroatoms. The molecule has 0 aliphatic rings. The molecule has 0 fully saturated rings. The van der Waals surface area contributed by atoms with E-state index in [0.717, 1.165) is 5.56 Å². The van der Waals surface area contributed by atoms with Crippen molar-refractivity contribution in [2.45, 2.75) is 19.8 Å². The van der Waals surface area contributed by atoms with Crippen LogP contribution in [0.4, 0.5) is 5.69 Å². The first-order valence-corrected chi connectivity index (χ1v) is 8.61. The van der Waals surface area contributed by atoms with Crippen LogP contribution in [0.15, 0.2) is 57.8 Å². The zero-order valence-corrected chi connectivity index (χ0v) is 15.0. The molecule has 0 saturated heterocycles. The number of pyridine rings is 1. The van der Waals surface area contributed by atoms with Gasteiger partial charge in [-0.3, -0.25) is 9.78 Å². The number of para-hydroxylation sites is 1. The molecule has 0 radical (unpaired) electrons. The van der Waals surface area contributed by atoms with Gasteiger partial charge in [-0.1, -0.05) is 22.4 Å². The van der Waals surface area contributed by atoms with Crippen LogP contribution in [-0.4, -0.2) is 31.2 Å². The van der Waals surface area contributed by atoms with Crippen molar-refractivity contribution in [1.29, 1.82) is 0 Å². The highest BCUT2D eigenvalue weighted by atomic mass is 16.5. The van der Waals surface area contributed by atoms with Crippen LogP contribution in [0.25, 0.3) is 22.8 Å². The highest BCUT2D eigenvalue weighted by Gasteiger charge is 2.14. The Balaban J connectivity index is 1.40. The monoisotopic (exact) mass is 376 g/mol. The number of hydrogen-bond donors (Lipinski definition) is 1. The number of benzene rings is 1. The fourth-order valence-electron chi connectivity index (χ4n) is 2.60. The number of hydrogen-bond acceptors (Lipinski definition) is 8. The Kier molecular flexibility index (Phi) is 4.87. The van der Waals surface area contributed by atoms with Gasteiger partial charge in [-0.2, -0.15) is 9.97 Å². The maximum Gasteiger partial charge on any atom is 0.227 e. The van der Waals surface area contributed by atoms with Gasteiger partial charge in [0.25, 0.3) is 0 Å². The van der Waals surface area contributed by atoms with Gasteiger partial charge in [0.2, 0.25) is 29.3 Å². The largest absolute Gasteiger partial charge is 0.339 e. The minimum absolute atomic E-state index is 0.186. The number of amides is 1. The molecule has 3 aromatic heterocycles. The lowest BCUT2D eigenvalue weighted by molar-refractivity contribution is -0.116. The normalized spacial score (nSPS) is 10.8. The van der Waals surface area contributed by atoms with Crippen LogP contribution < -0.4 is 5.32 Å². The minimum Gasteiger partial charge on any atom is -0.339 e. The molecule has 4 aromatic rings. The smallest absolute Gasteiger partial charge is 0.227 e. The molecule has 0 aliphatic carbocycles. The quantitative estimate of drug-likeness (QED) is 0.545. The fraction of sp³-hybridized carbons (Fsp3) is 0.158. The van der Waals surface area contributed by atoms with Crippen molar-refractivity contribution in [3.63, 3.8) is 0 Å². The van der Waals surface area contributed by atoms with Gasteiger partial charge in [0.05, 0.1) is 5.69 Å². The van der Waals surface area contributed by atoms with E-state index >= 15 is 0 Å². The topological polar surface area (TPSA) is 120 Å². The van der Waals surface area contributed by atoms with Crippen LogP contribution in [0.1, 0.15) is 18.2 Å². The van der Waals surface area contributed by atoms with Gasteiger partial charge in [0.1, 0.15) is 0 Å².